The summed E-state index contributed by atoms with van der Waals surface area (Å²) in [6.45, 7) is 9.49. The van der Waals surface area contributed by atoms with Gasteiger partial charge in [0.2, 0.25) is 5.91 Å². The number of hydrogen-bond donors (Lipinski definition) is 2. The predicted octanol–water partition coefficient (Wildman–Crippen LogP) is 0.582. The molecule has 0 aromatic heterocycles. The molecular weight excluding hydrogens is 152 g/mol. The Morgan fingerprint density at radius 3 is 2.75 bits per heavy atom. The van der Waals surface area contributed by atoms with E-state index >= 15 is 0 Å². The number of nitrogens with one attached hydrogen (secondary N) is 1. The molecule has 1 atom stereocenters. The van der Waals surface area contributed by atoms with Gasteiger partial charge in [0.15, 0.2) is 0 Å². The van der Waals surface area contributed by atoms with Crippen molar-refractivity contribution in [2.24, 2.45) is 5.73 Å². The lowest BCUT2D eigenvalue weighted by molar-refractivity contribution is -0.122. The van der Waals surface area contributed by atoms with Crippen LogP contribution >= 0.6 is 0 Å². The van der Waals surface area contributed by atoms with Gasteiger partial charge in [0.25, 0.3) is 0 Å². The van der Waals surface area contributed by atoms with E-state index in [1.54, 1.807) is 6.08 Å². The first-order chi connectivity index (χ1) is 5.57. The first-order valence-electron chi connectivity index (χ1n) is 3.86. The SMILES string of the molecule is C=CCC(N)C(=O)NCC(=C)C. The monoisotopic (exact) mass is 168 g/mol. The van der Waals surface area contributed by atoms with Gasteiger partial charge in [0, 0.05) is 6.54 Å². The zero-order chi connectivity index (χ0) is 9.56. The van der Waals surface area contributed by atoms with Crippen molar-refractivity contribution in [3.05, 3.63) is 24.8 Å². The highest BCUT2D eigenvalue weighted by Gasteiger charge is 2.09. The Kier molecular flexibility index (Phi) is 5.04. The molecule has 0 aliphatic rings. The van der Waals surface area contributed by atoms with E-state index in [2.05, 4.69) is 18.5 Å². The Balaban J connectivity index is 3.71. The summed E-state index contributed by atoms with van der Waals surface area (Å²) in [6.07, 6.45) is 2.13. The third kappa shape index (κ3) is 4.68. The molecule has 3 nitrogen and oxygen atoms in total. The van der Waals surface area contributed by atoms with Crippen molar-refractivity contribution < 1.29 is 4.79 Å². The van der Waals surface area contributed by atoms with Crippen molar-refractivity contribution in [3.8, 4) is 0 Å². The van der Waals surface area contributed by atoms with Crippen LogP contribution < -0.4 is 11.1 Å². The molecule has 0 aliphatic heterocycles. The van der Waals surface area contributed by atoms with Gasteiger partial charge in [-0.25, -0.2) is 0 Å². The van der Waals surface area contributed by atoms with Crippen molar-refractivity contribution in [3.63, 3.8) is 0 Å². The van der Waals surface area contributed by atoms with Crippen LogP contribution in [0.1, 0.15) is 13.3 Å². The highest BCUT2D eigenvalue weighted by atomic mass is 16.2. The van der Waals surface area contributed by atoms with Crippen LogP contribution in [-0.2, 0) is 4.79 Å². The number of carbonyl (C=O) groups excluding carboxylic acids is 1. The molecular formula is C9H16N2O. The molecule has 0 saturated carbocycles. The number of rotatable bonds is 5. The molecule has 0 aromatic carbocycles. The van der Waals surface area contributed by atoms with Gasteiger partial charge in [-0.15, -0.1) is 6.58 Å². The molecule has 1 unspecified atom stereocenters. The van der Waals surface area contributed by atoms with E-state index < -0.39 is 6.04 Å². The summed E-state index contributed by atoms with van der Waals surface area (Å²) >= 11 is 0. The summed E-state index contributed by atoms with van der Waals surface area (Å²) in [6, 6.07) is -0.484. The first kappa shape index (κ1) is 10.9. The van der Waals surface area contributed by atoms with E-state index in [0.29, 0.717) is 13.0 Å². The normalized spacial score (nSPS) is 11.8. The zero-order valence-electron chi connectivity index (χ0n) is 7.47. The third-order valence-electron chi connectivity index (χ3n) is 1.32. The minimum atomic E-state index is -0.484. The fourth-order valence-electron chi connectivity index (χ4n) is 0.656. The molecule has 3 N–H and O–H groups in total. The zero-order valence-corrected chi connectivity index (χ0v) is 7.47. The average molecular weight is 168 g/mol. The van der Waals surface area contributed by atoms with Crippen LogP contribution in [0.3, 0.4) is 0 Å². The fraction of sp³-hybridized carbons (Fsp3) is 0.444. The smallest absolute Gasteiger partial charge is 0.237 e. The van der Waals surface area contributed by atoms with Crippen LogP contribution in [0.15, 0.2) is 24.8 Å². The highest BCUT2D eigenvalue weighted by Crippen LogP contribution is 1.89. The molecule has 0 spiro atoms. The van der Waals surface area contributed by atoms with Crippen LogP contribution in [0.4, 0.5) is 0 Å². The van der Waals surface area contributed by atoms with Gasteiger partial charge in [0.05, 0.1) is 6.04 Å². The Morgan fingerprint density at radius 2 is 2.33 bits per heavy atom. The van der Waals surface area contributed by atoms with E-state index in [-0.39, 0.29) is 5.91 Å². The van der Waals surface area contributed by atoms with Crippen LogP contribution in [0.25, 0.3) is 0 Å². The van der Waals surface area contributed by atoms with Gasteiger partial charge >= 0.3 is 0 Å². The van der Waals surface area contributed by atoms with Crippen LogP contribution in [0, 0.1) is 0 Å². The number of carbonyl (C=O) groups is 1. The molecule has 0 saturated heterocycles. The van der Waals surface area contributed by atoms with Crippen LogP contribution in [-0.4, -0.2) is 18.5 Å². The average Bonchev–Trinajstić information content (AvgIpc) is 2.00. The van der Waals surface area contributed by atoms with Crippen LogP contribution in [0.2, 0.25) is 0 Å². The second kappa shape index (κ2) is 5.55. The molecule has 0 heterocycles. The largest absolute Gasteiger partial charge is 0.351 e. The topological polar surface area (TPSA) is 55.1 Å². The predicted molar refractivity (Wildman–Crippen MR) is 50.6 cm³/mol. The van der Waals surface area contributed by atoms with E-state index in [0.717, 1.165) is 5.57 Å². The molecule has 12 heavy (non-hydrogen) atoms. The second-order valence-electron chi connectivity index (χ2n) is 2.81. The fourth-order valence-corrected chi connectivity index (χ4v) is 0.656. The summed E-state index contributed by atoms with van der Waals surface area (Å²) in [7, 11) is 0. The lowest BCUT2D eigenvalue weighted by Crippen LogP contribution is -2.40. The van der Waals surface area contributed by atoms with Gasteiger partial charge in [-0.1, -0.05) is 18.2 Å². The molecule has 0 fully saturated rings. The summed E-state index contributed by atoms with van der Waals surface area (Å²) < 4.78 is 0. The molecule has 0 radical (unpaired) electrons. The summed E-state index contributed by atoms with van der Waals surface area (Å²) in [5.41, 5.74) is 6.41. The van der Waals surface area contributed by atoms with E-state index in [1.165, 1.54) is 0 Å². The van der Waals surface area contributed by atoms with Crippen molar-refractivity contribution in [2.45, 2.75) is 19.4 Å². The standard InChI is InChI=1S/C9H16N2O/c1-4-5-8(10)9(12)11-6-7(2)3/h4,8H,1-2,5-6,10H2,3H3,(H,11,12). The lowest BCUT2D eigenvalue weighted by atomic mass is 10.2. The maximum Gasteiger partial charge on any atom is 0.237 e. The Labute approximate surface area is 73.3 Å². The van der Waals surface area contributed by atoms with Gasteiger partial charge in [0.1, 0.15) is 0 Å². The molecule has 0 rings (SSSR count). The molecule has 68 valence electrons. The molecule has 1 amide bonds. The second-order valence-corrected chi connectivity index (χ2v) is 2.81. The van der Waals surface area contributed by atoms with Crippen LogP contribution in [0.5, 0.6) is 0 Å². The first-order valence-corrected chi connectivity index (χ1v) is 3.86. The van der Waals surface area contributed by atoms with E-state index in [9.17, 15) is 4.79 Å². The quantitative estimate of drug-likeness (QED) is 0.590. The summed E-state index contributed by atoms with van der Waals surface area (Å²) in [4.78, 5) is 11.1. The minimum Gasteiger partial charge on any atom is -0.351 e. The lowest BCUT2D eigenvalue weighted by Gasteiger charge is -2.09. The van der Waals surface area contributed by atoms with Gasteiger partial charge in [-0.05, 0) is 13.3 Å². The number of nitrogens with two attached hydrogens (primary N) is 1. The maximum absolute atomic E-state index is 11.1. The summed E-state index contributed by atoms with van der Waals surface area (Å²) in [5.74, 6) is -0.155. The Morgan fingerprint density at radius 1 is 1.75 bits per heavy atom. The maximum atomic E-state index is 11.1. The highest BCUT2D eigenvalue weighted by molar-refractivity contribution is 5.81. The van der Waals surface area contributed by atoms with E-state index in [1.807, 2.05) is 6.92 Å². The Hall–Kier alpha value is -1.09. The van der Waals surface area contributed by atoms with Crippen molar-refractivity contribution in [2.75, 3.05) is 6.54 Å². The third-order valence-corrected chi connectivity index (χ3v) is 1.32. The number of hydrogen-bond acceptors (Lipinski definition) is 2. The Bertz CT molecular complexity index is 187. The van der Waals surface area contributed by atoms with Crippen molar-refractivity contribution in [1.29, 1.82) is 0 Å². The van der Waals surface area contributed by atoms with Gasteiger partial charge < -0.3 is 11.1 Å². The molecule has 0 aromatic rings. The van der Waals surface area contributed by atoms with Crippen molar-refractivity contribution >= 4 is 5.91 Å². The van der Waals surface area contributed by atoms with E-state index in [4.69, 9.17) is 5.73 Å². The minimum absolute atomic E-state index is 0.155. The molecule has 0 bridgehead atoms. The van der Waals surface area contributed by atoms with Gasteiger partial charge in [-0.3, -0.25) is 4.79 Å². The number of amides is 1. The molecule has 3 heteroatoms. The van der Waals surface area contributed by atoms with Gasteiger partial charge in [-0.2, -0.15) is 0 Å². The van der Waals surface area contributed by atoms with Crippen molar-refractivity contribution in [1.82, 2.24) is 5.32 Å². The summed E-state index contributed by atoms with van der Waals surface area (Å²) in [5, 5.41) is 2.66. The molecule has 0 aliphatic carbocycles.